The highest BCUT2D eigenvalue weighted by Gasteiger charge is 2.33. The summed E-state index contributed by atoms with van der Waals surface area (Å²) in [6, 6.07) is 0. The Bertz CT molecular complexity index is 185. The minimum absolute atomic E-state index is 0.810. The van der Waals surface area contributed by atoms with Crippen LogP contribution in [0.2, 0.25) is 0 Å². The Kier molecular flexibility index (Phi) is 4.16. The number of esters is 1. The SMILES string of the molecule is COC(=O)C(F)C(=O)OB(F)F. The fraction of sp³-hybridized carbons (Fsp3) is 0.500. The molecule has 0 aliphatic rings. The molecular formula is C4H4BF3O4. The lowest BCUT2D eigenvalue weighted by atomic mass is 10.3. The molecule has 0 N–H and O–H groups in total. The predicted octanol–water partition coefficient (Wildman–Crippen LogP) is -0.0354. The monoisotopic (exact) mass is 184 g/mol. The van der Waals surface area contributed by atoms with E-state index < -0.39 is 25.6 Å². The molecule has 0 radical (unpaired) electrons. The molecule has 0 aromatic heterocycles. The Labute approximate surface area is 65.8 Å². The van der Waals surface area contributed by atoms with Crippen molar-refractivity contribution in [2.45, 2.75) is 6.17 Å². The van der Waals surface area contributed by atoms with Crippen LogP contribution in [0.4, 0.5) is 13.0 Å². The molecule has 8 heteroatoms. The van der Waals surface area contributed by atoms with Gasteiger partial charge >= 0.3 is 19.4 Å². The molecule has 0 fully saturated rings. The minimum atomic E-state index is -3.44. The van der Waals surface area contributed by atoms with Gasteiger partial charge in [0.25, 0.3) is 6.17 Å². The van der Waals surface area contributed by atoms with E-state index in [-0.39, 0.29) is 0 Å². The van der Waals surface area contributed by atoms with Crippen molar-refractivity contribution in [2.24, 2.45) is 0 Å². The summed E-state index contributed by atoms with van der Waals surface area (Å²) in [5.41, 5.74) is 0. The minimum Gasteiger partial charge on any atom is -0.476 e. The molecule has 0 rings (SSSR count). The fourth-order valence-electron chi connectivity index (χ4n) is 0.347. The van der Waals surface area contributed by atoms with Crippen LogP contribution in [0.1, 0.15) is 0 Å². The molecule has 0 spiro atoms. The van der Waals surface area contributed by atoms with Crippen LogP contribution in [0.15, 0.2) is 0 Å². The number of alkyl halides is 1. The molecule has 0 aliphatic carbocycles. The lowest BCUT2D eigenvalue weighted by molar-refractivity contribution is -0.157. The topological polar surface area (TPSA) is 52.6 Å². The van der Waals surface area contributed by atoms with Crippen molar-refractivity contribution in [3.05, 3.63) is 0 Å². The molecule has 4 nitrogen and oxygen atoms in total. The van der Waals surface area contributed by atoms with Crippen LogP contribution in [0.3, 0.4) is 0 Å². The van der Waals surface area contributed by atoms with Gasteiger partial charge in [0.1, 0.15) is 0 Å². The number of carbonyl (C=O) groups is 2. The first-order valence-electron chi connectivity index (χ1n) is 2.69. The second-order valence-electron chi connectivity index (χ2n) is 1.58. The molecule has 0 saturated heterocycles. The number of methoxy groups -OCH3 is 1. The third-order valence-electron chi connectivity index (χ3n) is 0.820. The van der Waals surface area contributed by atoms with Crippen LogP contribution >= 0.6 is 0 Å². The summed E-state index contributed by atoms with van der Waals surface area (Å²) in [5.74, 6) is -3.53. The average Bonchev–Trinajstić information content (AvgIpc) is 2.00. The van der Waals surface area contributed by atoms with Gasteiger partial charge in [0, 0.05) is 0 Å². The number of rotatable bonds is 3. The second kappa shape index (κ2) is 4.63. The van der Waals surface area contributed by atoms with E-state index in [2.05, 4.69) is 9.39 Å². The van der Waals surface area contributed by atoms with Crippen molar-refractivity contribution in [1.82, 2.24) is 0 Å². The summed E-state index contributed by atoms with van der Waals surface area (Å²) in [5, 5.41) is 0. The molecule has 0 saturated carbocycles. The Hall–Kier alpha value is -1.21. The lowest BCUT2D eigenvalue weighted by Crippen LogP contribution is -2.31. The third-order valence-corrected chi connectivity index (χ3v) is 0.820. The first-order valence-corrected chi connectivity index (χ1v) is 2.69. The highest BCUT2D eigenvalue weighted by molar-refractivity contribution is 6.38. The van der Waals surface area contributed by atoms with Gasteiger partial charge in [0.15, 0.2) is 0 Å². The number of halogens is 3. The van der Waals surface area contributed by atoms with Crippen LogP contribution in [-0.4, -0.2) is 32.7 Å². The van der Waals surface area contributed by atoms with Gasteiger partial charge in [0.05, 0.1) is 7.11 Å². The maximum Gasteiger partial charge on any atom is 0.798 e. The van der Waals surface area contributed by atoms with Crippen molar-refractivity contribution < 1.29 is 32.0 Å². The first kappa shape index (κ1) is 10.8. The zero-order valence-electron chi connectivity index (χ0n) is 5.92. The number of hydrogen-bond donors (Lipinski definition) is 0. The Morgan fingerprint density at radius 2 is 1.83 bits per heavy atom. The van der Waals surface area contributed by atoms with Crippen molar-refractivity contribution in [2.75, 3.05) is 7.11 Å². The molecule has 0 aromatic rings. The van der Waals surface area contributed by atoms with Gasteiger partial charge in [-0.1, -0.05) is 0 Å². The molecule has 0 heterocycles. The molecule has 1 atom stereocenters. The largest absolute Gasteiger partial charge is 0.798 e. The van der Waals surface area contributed by atoms with E-state index in [1.807, 2.05) is 0 Å². The maximum absolute atomic E-state index is 12.3. The molecule has 0 bridgehead atoms. The van der Waals surface area contributed by atoms with E-state index in [9.17, 15) is 22.6 Å². The first-order chi connectivity index (χ1) is 5.49. The van der Waals surface area contributed by atoms with Crippen molar-refractivity contribution in [3.63, 3.8) is 0 Å². The molecule has 0 amide bonds. The molecule has 0 aliphatic heterocycles. The van der Waals surface area contributed by atoms with Gasteiger partial charge in [-0.15, -0.1) is 0 Å². The van der Waals surface area contributed by atoms with Gasteiger partial charge in [-0.3, -0.25) is 0 Å². The summed E-state index contributed by atoms with van der Waals surface area (Å²) in [6.45, 7) is 0. The zero-order chi connectivity index (χ0) is 9.72. The van der Waals surface area contributed by atoms with Crippen molar-refractivity contribution in [1.29, 1.82) is 0 Å². The second-order valence-corrected chi connectivity index (χ2v) is 1.58. The van der Waals surface area contributed by atoms with Crippen LogP contribution in [0.25, 0.3) is 0 Å². The van der Waals surface area contributed by atoms with Gasteiger partial charge < -0.3 is 9.39 Å². The van der Waals surface area contributed by atoms with E-state index in [1.54, 1.807) is 0 Å². The molecule has 1 unspecified atom stereocenters. The summed E-state index contributed by atoms with van der Waals surface area (Å²) in [7, 11) is -2.63. The summed E-state index contributed by atoms with van der Waals surface area (Å²) >= 11 is 0. The van der Waals surface area contributed by atoms with Gasteiger partial charge in [-0.2, -0.15) is 0 Å². The van der Waals surface area contributed by atoms with Gasteiger partial charge in [-0.05, 0) is 0 Å². The van der Waals surface area contributed by atoms with E-state index in [0.29, 0.717) is 0 Å². The summed E-state index contributed by atoms with van der Waals surface area (Å²) in [6.07, 6.45) is -2.82. The lowest BCUT2D eigenvalue weighted by Gasteiger charge is -2.03. The van der Waals surface area contributed by atoms with Crippen LogP contribution in [0, 0.1) is 0 Å². The summed E-state index contributed by atoms with van der Waals surface area (Å²) in [4.78, 5) is 20.4. The Balaban J connectivity index is 4.01. The van der Waals surface area contributed by atoms with Crippen LogP contribution < -0.4 is 0 Å². The maximum atomic E-state index is 12.3. The quantitative estimate of drug-likeness (QED) is 0.350. The van der Waals surface area contributed by atoms with Crippen molar-refractivity contribution in [3.8, 4) is 0 Å². The van der Waals surface area contributed by atoms with E-state index in [0.717, 1.165) is 7.11 Å². The van der Waals surface area contributed by atoms with Crippen LogP contribution in [0.5, 0.6) is 0 Å². The van der Waals surface area contributed by atoms with Crippen LogP contribution in [-0.2, 0) is 19.0 Å². The fourth-order valence-corrected chi connectivity index (χ4v) is 0.347. The average molecular weight is 184 g/mol. The zero-order valence-corrected chi connectivity index (χ0v) is 5.92. The normalized spacial score (nSPS) is 11.7. The number of hydrogen-bond acceptors (Lipinski definition) is 4. The predicted molar refractivity (Wildman–Crippen MR) is 31.0 cm³/mol. The molecule has 68 valence electrons. The highest BCUT2D eigenvalue weighted by Crippen LogP contribution is 2.00. The van der Waals surface area contributed by atoms with Crippen molar-refractivity contribution >= 4 is 19.4 Å². The van der Waals surface area contributed by atoms with E-state index >= 15 is 0 Å². The molecule has 0 aromatic carbocycles. The van der Waals surface area contributed by atoms with E-state index in [1.165, 1.54) is 0 Å². The Morgan fingerprint density at radius 3 is 2.17 bits per heavy atom. The molecular weight excluding hydrogens is 180 g/mol. The summed E-state index contributed by atoms with van der Waals surface area (Å²) < 4.78 is 41.6. The number of carbonyl (C=O) groups excluding carboxylic acids is 2. The molecule has 12 heavy (non-hydrogen) atoms. The standard InChI is InChI=1S/C4H4BF3O4/c1-11-3(9)2(6)4(10)12-5(7)8/h2H,1H3. The van der Waals surface area contributed by atoms with E-state index in [4.69, 9.17) is 0 Å². The third kappa shape index (κ3) is 3.26. The van der Waals surface area contributed by atoms with Gasteiger partial charge in [-0.25, -0.2) is 22.6 Å². The Morgan fingerprint density at radius 1 is 1.33 bits per heavy atom. The van der Waals surface area contributed by atoms with Gasteiger partial charge in [0.2, 0.25) is 0 Å². The number of ether oxygens (including phenoxy) is 1. The highest BCUT2D eigenvalue weighted by atomic mass is 19.2. The smallest absolute Gasteiger partial charge is 0.476 e.